The molecule has 1 aliphatic rings. The van der Waals surface area contributed by atoms with E-state index < -0.39 is 0 Å². The predicted octanol–water partition coefficient (Wildman–Crippen LogP) is 11.3. The van der Waals surface area contributed by atoms with Gasteiger partial charge in [0, 0.05) is 33.2 Å². The number of para-hydroxylation sites is 3. The Bertz CT molecular complexity index is 2420. The van der Waals surface area contributed by atoms with Crippen molar-refractivity contribution in [1.82, 2.24) is 9.13 Å². The Balaban J connectivity index is 1.17. The first-order chi connectivity index (χ1) is 22.2. The largest absolute Gasteiger partial charge is 0.310 e. The van der Waals surface area contributed by atoms with E-state index in [0.29, 0.717) is 0 Å². The first-order valence-corrected chi connectivity index (χ1v) is 15.8. The van der Waals surface area contributed by atoms with Crippen LogP contribution < -0.4 is 0 Å². The lowest BCUT2D eigenvalue weighted by Gasteiger charge is -2.13. The summed E-state index contributed by atoms with van der Waals surface area (Å²) >= 11 is 0. The van der Waals surface area contributed by atoms with Gasteiger partial charge in [-0.2, -0.15) is 0 Å². The number of hydrogen-bond donors (Lipinski definition) is 0. The van der Waals surface area contributed by atoms with Crippen LogP contribution in [0, 0.1) is 6.92 Å². The Morgan fingerprint density at radius 1 is 0.489 bits per heavy atom. The second-order valence-corrected chi connectivity index (χ2v) is 12.2. The lowest BCUT2D eigenvalue weighted by Crippen LogP contribution is -1.99. The molecule has 1 aliphatic carbocycles. The Hall–Kier alpha value is -5.60. The van der Waals surface area contributed by atoms with Crippen molar-refractivity contribution in [3.05, 3.63) is 162 Å². The first-order valence-electron chi connectivity index (χ1n) is 15.8. The topological polar surface area (TPSA) is 9.86 Å². The smallest absolute Gasteiger partial charge is 0.0547 e. The number of aromatic nitrogens is 2. The van der Waals surface area contributed by atoms with Gasteiger partial charge in [0.15, 0.2) is 0 Å². The number of fused-ring (bicyclic) bond motifs is 6. The van der Waals surface area contributed by atoms with Crippen LogP contribution in [-0.4, -0.2) is 9.13 Å². The highest BCUT2D eigenvalue weighted by Gasteiger charge is 2.19. The molecule has 0 N–H and O–H groups in total. The number of rotatable bonds is 4. The maximum absolute atomic E-state index is 2.44. The van der Waals surface area contributed by atoms with Crippen molar-refractivity contribution in [2.45, 2.75) is 19.8 Å². The van der Waals surface area contributed by atoms with Crippen LogP contribution in [0.3, 0.4) is 0 Å². The van der Waals surface area contributed by atoms with Crippen molar-refractivity contribution < 1.29 is 0 Å². The number of benzene rings is 6. The fourth-order valence-corrected chi connectivity index (χ4v) is 7.43. The Morgan fingerprint density at radius 2 is 1.09 bits per heavy atom. The van der Waals surface area contributed by atoms with E-state index in [-0.39, 0.29) is 0 Å². The normalized spacial score (nSPS) is 12.7. The van der Waals surface area contributed by atoms with Crippen LogP contribution in [-0.2, 0) is 6.42 Å². The molecule has 214 valence electrons. The molecule has 2 heteroatoms. The maximum Gasteiger partial charge on any atom is 0.0547 e. The molecule has 2 heterocycles. The predicted molar refractivity (Wildman–Crippen MR) is 191 cm³/mol. The Kier molecular flexibility index (Phi) is 5.89. The van der Waals surface area contributed by atoms with Gasteiger partial charge in [0.1, 0.15) is 0 Å². The Morgan fingerprint density at radius 3 is 1.89 bits per heavy atom. The molecule has 8 aromatic rings. The molecule has 0 spiro atoms. The van der Waals surface area contributed by atoms with E-state index >= 15 is 0 Å². The third-order valence-corrected chi connectivity index (χ3v) is 9.52. The second kappa shape index (κ2) is 10.2. The van der Waals surface area contributed by atoms with E-state index in [2.05, 4.69) is 168 Å². The van der Waals surface area contributed by atoms with Crippen LogP contribution in [0.2, 0.25) is 0 Å². The summed E-state index contributed by atoms with van der Waals surface area (Å²) in [5.74, 6) is 0. The summed E-state index contributed by atoms with van der Waals surface area (Å²) in [5, 5.41) is 3.92. The summed E-state index contributed by atoms with van der Waals surface area (Å²) in [6, 6.07) is 51.1. The van der Waals surface area contributed by atoms with Gasteiger partial charge in [-0.3, -0.25) is 0 Å². The summed E-state index contributed by atoms with van der Waals surface area (Å²) in [6.45, 7) is 2.24. The highest BCUT2D eigenvalue weighted by atomic mass is 15.0. The summed E-state index contributed by atoms with van der Waals surface area (Å²) in [6.07, 6.45) is 6.79. The summed E-state index contributed by atoms with van der Waals surface area (Å²) in [4.78, 5) is 0. The van der Waals surface area contributed by atoms with Gasteiger partial charge in [-0.1, -0.05) is 103 Å². The zero-order valence-corrected chi connectivity index (χ0v) is 25.2. The molecule has 0 amide bonds. The highest BCUT2D eigenvalue weighted by Crippen LogP contribution is 2.39. The summed E-state index contributed by atoms with van der Waals surface area (Å²) in [7, 11) is 0. The molecule has 0 radical (unpaired) electrons. The van der Waals surface area contributed by atoms with E-state index in [4.69, 9.17) is 0 Å². The average Bonchev–Trinajstić information content (AvgIpc) is 3.61. The number of nitrogens with zero attached hydrogens (tertiary/aromatic N) is 2. The zero-order chi connectivity index (χ0) is 29.9. The van der Waals surface area contributed by atoms with Crippen LogP contribution in [0.15, 0.2) is 146 Å². The molecular weight excluding hydrogens is 544 g/mol. The van der Waals surface area contributed by atoms with Crippen LogP contribution in [0.25, 0.3) is 72.4 Å². The minimum Gasteiger partial charge on any atom is -0.310 e. The number of aryl methyl sites for hydroxylation is 2. The minimum absolute atomic E-state index is 1.09. The third-order valence-electron chi connectivity index (χ3n) is 9.52. The molecule has 0 aliphatic heterocycles. The lowest BCUT2D eigenvalue weighted by molar-refractivity contribution is 0.967. The summed E-state index contributed by atoms with van der Waals surface area (Å²) < 4.78 is 4.83. The standard InChI is InChI=1S/C43H32N2/c1-29-26-30(31-21-24-38-36-16-8-10-18-40(36)44(42(38)27-31)33-12-4-2-5-13-33)20-23-35(29)32-22-25-39-37-17-9-11-19-41(37)45(43(39)28-32)34-14-6-3-7-15-34/h2-7,9-15,17-28H,8,16H2,1H3. The molecule has 0 bridgehead atoms. The molecule has 2 aromatic heterocycles. The monoisotopic (exact) mass is 576 g/mol. The first kappa shape index (κ1) is 25.9. The van der Waals surface area contributed by atoms with Crippen molar-refractivity contribution >= 4 is 38.8 Å². The van der Waals surface area contributed by atoms with Gasteiger partial charge in [-0.15, -0.1) is 0 Å². The van der Waals surface area contributed by atoms with Crippen LogP contribution in [0.1, 0.15) is 23.2 Å². The Labute approximate surface area is 263 Å². The van der Waals surface area contributed by atoms with Crippen LogP contribution in [0.5, 0.6) is 0 Å². The number of hydrogen-bond acceptors (Lipinski definition) is 0. The molecule has 0 fully saturated rings. The zero-order valence-electron chi connectivity index (χ0n) is 25.2. The van der Waals surface area contributed by atoms with Gasteiger partial charge >= 0.3 is 0 Å². The minimum atomic E-state index is 1.09. The van der Waals surface area contributed by atoms with Crippen molar-refractivity contribution in [3.63, 3.8) is 0 Å². The van der Waals surface area contributed by atoms with Gasteiger partial charge in [0.05, 0.1) is 16.6 Å². The fraction of sp³-hybridized carbons (Fsp3) is 0.0698. The van der Waals surface area contributed by atoms with Crippen molar-refractivity contribution in [1.29, 1.82) is 0 Å². The molecule has 0 saturated carbocycles. The van der Waals surface area contributed by atoms with E-state index in [0.717, 1.165) is 12.8 Å². The molecule has 0 unspecified atom stereocenters. The van der Waals surface area contributed by atoms with Gasteiger partial charge in [0.25, 0.3) is 0 Å². The second-order valence-electron chi connectivity index (χ2n) is 12.2. The molecule has 0 saturated heterocycles. The van der Waals surface area contributed by atoms with Gasteiger partial charge in [-0.25, -0.2) is 0 Å². The maximum atomic E-state index is 2.44. The van der Waals surface area contributed by atoms with Gasteiger partial charge in [-0.05, 0) is 102 Å². The average molecular weight is 577 g/mol. The summed E-state index contributed by atoms with van der Waals surface area (Å²) in [5.41, 5.74) is 15.2. The molecular formula is C43H32N2. The van der Waals surface area contributed by atoms with Crippen molar-refractivity contribution in [2.24, 2.45) is 0 Å². The van der Waals surface area contributed by atoms with E-state index in [1.165, 1.54) is 83.2 Å². The van der Waals surface area contributed by atoms with Gasteiger partial charge in [0.2, 0.25) is 0 Å². The van der Waals surface area contributed by atoms with E-state index in [1.54, 1.807) is 0 Å². The highest BCUT2D eigenvalue weighted by molar-refractivity contribution is 6.10. The van der Waals surface area contributed by atoms with E-state index in [9.17, 15) is 0 Å². The molecule has 6 aromatic carbocycles. The third kappa shape index (κ3) is 4.10. The lowest BCUT2D eigenvalue weighted by atomic mass is 9.94. The van der Waals surface area contributed by atoms with Crippen LogP contribution >= 0.6 is 0 Å². The van der Waals surface area contributed by atoms with Crippen LogP contribution in [0.4, 0.5) is 0 Å². The van der Waals surface area contributed by atoms with E-state index in [1.807, 2.05) is 0 Å². The van der Waals surface area contributed by atoms with Gasteiger partial charge < -0.3 is 9.13 Å². The van der Waals surface area contributed by atoms with Crippen molar-refractivity contribution in [2.75, 3.05) is 0 Å². The molecule has 0 atom stereocenters. The fourth-order valence-electron chi connectivity index (χ4n) is 7.43. The van der Waals surface area contributed by atoms with Crippen molar-refractivity contribution in [3.8, 4) is 33.6 Å². The molecule has 45 heavy (non-hydrogen) atoms. The molecule has 2 nitrogen and oxygen atoms in total. The molecule has 9 rings (SSSR count). The number of allylic oxidation sites excluding steroid dienone is 1. The SMILES string of the molecule is Cc1cc(-c2ccc3c4c(n(-c5ccccc5)c3c2)C=CCC4)ccc1-c1ccc2c3ccccc3n(-c3ccccc3)c2c1. The quantitative estimate of drug-likeness (QED) is 0.197.